The van der Waals surface area contributed by atoms with E-state index < -0.39 is 6.10 Å². The third kappa shape index (κ3) is 5.55. The number of nitrogens with zero attached hydrogens (tertiary/aromatic N) is 1. The van der Waals surface area contributed by atoms with Crippen LogP contribution >= 0.6 is 31.9 Å². The summed E-state index contributed by atoms with van der Waals surface area (Å²) >= 11 is 6.88. The SMILES string of the molecule is CC1CC(C)CN(CC(O)COc2ccc(Br)cc2Br)C1. The van der Waals surface area contributed by atoms with Gasteiger partial charge in [-0.15, -0.1) is 0 Å². The van der Waals surface area contributed by atoms with E-state index in [0.717, 1.165) is 27.8 Å². The molecule has 0 amide bonds. The predicted octanol–water partition coefficient (Wildman–Crippen LogP) is 3.93. The average Bonchev–Trinajstić information content (AvgIpc) is 2.36. The number of hydrogen-bond acceptors (Lipinski definition) is 3. The molecule has 1 aromatic rings. The normalized spacial score (nSPS) is 24.8. The van der Waals surface area contributed by atoms with Crippen molar-refractivity contribution in [1.29, 1.82) is 0 Å². The number of piperidine rings is 1. The van der Waals surface area contributed by atoms with Crippen molar-refractivity contribution in [2.75, 3.05) is 26.2 Å². The summed E-state index contributed by atoms with van der Waals surface area (Å²) in [7, 11) is 0. The van der Waals surface area contributed by atoms with Crippen LogP contribution in [0.2, 0.25) is 0 Å². The number of hydrogen-bond donors (Lipinski definition) is 1. The smallest absolute Gasteiger partial charge is 0.133 e. The first kappa shape index (κ1) is 17.3. The molecule has 0 aliphatic carbocycles. The van der Waals surface area contributed by atoms with Crippen molar-refractivity contribution < 1.29 is 9.84 Å². The Labute approximate surface area is 143 Å². The fourth-order valence-electron chi connectivity index (χ4n) is 3.07. The predicted molar refractivity (Wildman–Crippen MR) is 92.7 cm³/mol. The lowest BCUT2D eigenvalue weighted by molar-refractivity contribution is 0.0427. The number of halogens is 2. The van der Waals surface area contributed by atoms with Gasteiger partial charge in [-0.25, -0.2) is 0 Å². The first-order valence-electron chi connectivity index (χ1n) is 7.42. The van der Waals surface area contributed by atoms with Crippen LogP contribution in [-0.2, 0) is 0 Å². The second-order valence-corrected chi connectivity index (χ2v) is 7.97. The molecule has 3 atom stereocenters. The van der Waals surface area contributed by atoms with Gasteiger partial charge in [0.15, 0.2) is 0 Å². The van der Waals surface area contributed by atoms with Gasteiger partial charge in [0.2, 0.25) is 0 Å². The Kier molecular flexibility index (Phi) is 6.53. The molecule has 0 spiro atoms. The maximum Gasteiger partial charge on any atom is 0.133 e. The van der Waals surface area contributed by atoms with Gasteiger partial charge in [-0.05, 0) is 52.4 Å². The average molecular weight is 421 g/mol. The van der Waals surface area contributed by atoms with Crippen LogP contribution in [0, 0.1) is 11.8 Å². The number of benzene rings is 1. The van der Waals surface area contributed by atoms with Crippen molar-refractivity contribution in [2.45, 2.75) is 26.4 Å². The van der Waals surface area contributed by atoms with Crippen molar-refractivity contribution in [3.05, 3.63) is 27.1 Å². The van der Waals surface area contributed by atoms with Gasteiger partial charge in [-0.2, -0.15) is 0 Å². The second-order valence-electron chi connectivity index (χ2n) is 6.20. The highest BCUT2D eigenvalue weighted by molar-refractivity contribution is 9.11. The zero-order chi connectivity index (χ0) is 15.4. The number of aliphatic hydroxyl groups excluding tert-OH is 1. The first-order valence-corrected chi connectivity index (χ1v) is 9.01. The van der Waals surface area contributed by atoms with Gasteiger partial charge in [-0.1, -0.05) is 29.8 Å². The molecule has 21 heavy (non-hydrogen) atoms. The number of β-amino-alcohol motifs (C(OH)–C–C–N with tert-alkyl or cyclic N) is 1. The molecular weight excluding hydrogens is 398 g/mol. The van der Waals surface area contributed by atoms with E-state index in [2.05, 4.69) is 50.6 Å². The molecule has 3 unspecified atom stereocenters. The van der Waals surface area contributed by atoms with Gasteiger partial charge in [0.05, 0.1) is 4.47 Å². The number of aliphatic hydroxyl groups is 1. The van der Waals surface area contributed by atoms with E-state index in [1.807, 2.05) is 18.2 Å². The van der Waals surface area contributed by atoms with Crippen molar-refractivity contribution in [3.8, 4) is 5.75 Å². The molecule has 0 aromatic heterocycles. The maximum absolute atomic E-state index is 10.2. The summed E-state index contributed by atoms with van der Waals surface area (Å²) in [5.41, 5.74) is 0. The molecule has 1 aliphatic heterocycles. The molecule has 0 saturated carbocycles. The Morgan fingerprint density at radius 2 is 1.95 bits per heavy atom. The highest BCUT2D eigenvalue weighted by atomic mass is 79.9. The molecule has 118 valence electrons. The lowest BCUT2D eigenvalue weighted by Crippen LogP contribution is -2.44. The summed E-state index contributed by atoms with van der Waals surface area (Å²) in [5.74, 6) is 2.18. The van der Waals surface area contributed by atoms with Crippen molar-refractivity contribution in [2.24, 2.45) is 11.8 Å². The van der Waals surface area contributed by atoms with Gasteiger partial charge in [0.25, 0.3) is 0 Å². The van der Waals surface area contributed by atoms with Crippen LogP contribution in [0.15, 0.2) is 27.1 Å². The molecular formula is C16H23Br2NO2. The van der Waals surface area contributed by atoms with Gasteiger partial charge in [-0.3, -0.25) is 0 Å². The van der Waals surface area contributed by atoms with Crippen molar-refractivity contribution in [1.82, 2.24) is 4.90 Å². The molecule has 1 aliphatic rings. The minimum absolute atomic E-state index is 0.319. The van der Waals surface area contributed by atoms with Crippen LogP contribution in [0.5, 0.6) is 5.75 Å². The van der Waals surface area contributed by atoms with Crippen LogP contribution < -0.4 is 4.74 Å². The van der Waals surface area contributed by atoms with E-state index in [9.17, 15) is 5.11 Å². The van der Waals surface area contributed by atoms with Crippen molar-refractivity contribution in [3.63, 3.8) is 0 Å². The summed E-state index contributed by atoms with van der Waals surface area (Å²) in [4.78, 5) is 2.35. The van der Waals surface area contributed by atoms with Crippen LogP contribution in [0.25, 0.3) is 0 Å². The largest absolute Gasteiger partial charge is 0.490 e. The molecule has 1 fully saturated rings. The molecule has 1 aromatic carbocycles. The maximum atomic E-state index is 10.2. The topological polar surface area (TPSA) is 32.7 Å². The fraction of sp³-hybridized carbons (Fsp3) is 0.625. The van der Waals surface area contributed by atoms with Crippen LogP contribution in [0.1, 0.15) is 20.3 Å². The summed E-state index contributed by atoms with van der Waals surface area (Å²) in [6.45, 7) is 7.71. The fourth-order valence-corrected chi connectivity index (χ4v) is 4.23. The molecule has 0 radical (unpaired) electrons. The Balaban J connectivity index is 1.80. The van der Waals surface area contributed by atoms with E-state index in [-0.39, 0.29) is 0 Å². The van der Waals surface area contributed by atoms with E-state index in [1.54, 1.807) is 0 Å². The van der Waals surface area contributed by atoms with Crippen LogP contribution in [-0.4, -0.2) is 42.4 Å². The van der Waals surface area contributed by atoms with E-state index in [4.69, 9.17) is 4.74 Å². The highest BCUT2D eigenvalue weighted by Crippen LogP contribution is 2.28. The Morgan fingerprint density at radius 1 is 1.29 bits per heavy atom. The van der Waals surface area contributed by atoms with Gasteiger partial charge < -0.3 is 14.7 Å². The summed E-state index contributed by atoms with van der Waals surface area (Å²) in [5, 5.41) is 10.2. The third-order valence-corrected chi connectivity index (χ3v) is 4.85. The molecule has 1 heterocycles. The number of rotatable bonds is 5. The first-order chi connectivity index (χ1) is 9.94. The quantitative estimate of drug-likeness (QED) is 0.783. The molecule has 3 nitrogen and oxygen atoms in total. The summed E-state index contributed by atoms with van der Waals surface area (Å²) in [6, 6.07) is 5.77. The van der Waals surface area contributed by atoms with E-state index >= 15 is 0 Å². The standard InChI is InChI=1S/C16H23Br2NO2/c1-11-5-12(2)8-19(7-11)9-14(20)10-21-16-4-3-13(17)6-15(16)18/h3-4,6,11-12,14,20H,5,7-10H2,1-2H3. The monoisotopic (exact) mass is 419 g/mol. The third-order valence-electron chi connectivity index (χ3n) is 3.74. The zero-order valence-corrected chi connectivity index (χ0v) is 15.7. The van der Waals surface area contributed by atoms with Gasteiger partial charge >= 0.3 is 0 Å². The van der Waals surface area contributed by atoms with Crippen molar-refractivity contribution >= 4 is 31.9 Å². The number of likely N-dealkylation sites (tertiary alicyclic amines) is 1. The second kappa shape index (κ2) is 7.95. The number of ether oxygens (including phenoxy) is 1. The minimum Gasteiger partial charge on any atom is -0.490 e. The molecule has 1 saturated heterocycles. The highest BCUT2D eigenvalue weighted by Gasteiger charge is 2.23. The Hall–Kier alpha value is -0.100. The van der Waals surface area contributed by atoms with E-state index in [0.29, 0.717) is 25.0 Å². The lowest BCUT2D eigenvalue weighted by Gasteiger charge is -2.35. The molecule has 5 heteroatoms. The summed E-state index contributed by atoms with van der Waals surface area (Å²) in [6.07, 6.45) is 0.827. The molecule has 0 bridgehead atoms. The molecule has 2 rings (SSSR count). The lowest BCUT2D eigenvalue weighted by atomic mass is 9.92. The Bertz CT molecular complexity index is 460. The minimum atomic E-state index is -0.460. The van der Waals surface area contributed by atoms with Gasteiger partial charge in [0.1, 0.15) is 18.5 Å². The van der Waals surface area contributed by atoms with Crippen LogP contribution in [0.3, 0.4) is 0 Å². The molecule has 1 N–H and O–H groups in total. The van der Waals surface area contributed by atoms with Crippen LogP contribution in [0.4, 0.5) is 0 Å². The van der Waals surface area contributed by atoms with E-state index in [1.165, 1.54) is 6.42 Å². The van der Waals surface area contributed by atoms with Gasteiger partial charge in [0, 0.05) is 24.1 Å². The Morgan fingerprint density at radius 3 is 2.57 bits per heavy atom. The summed E-state index contributed by atoms with van der Waals surface area (Å²) < 4.78 is 7.60. The zero-order valence-electron chi connectivity index (χ0n) is 12.6.